The van der Waals surface area contributed by atoms with E-state index in [-0.39, 0.29) is 18.0 Å². The predicted octanol–water partition coefficient (Wildman–Crippen LogP) is 2.86. The van der Waals surface area contributed by atoms with Gasteiger partial charge in [0.25, 0.3) is 0 Å². The Morgan fingerprint density at radius 2 is 1.87 bits per heavy atom. The molecule has 3 saturated heterocycles. The lowest BCUT2D eigenvalue weighted by Gasteiger charge is -2.43. The number of carbonyl (C=O) groups excluding carboxylic acids is 1. The van der Waals surface area contributed by atoms with Gasteiger partial charge in [-0.25, -0.2) is 4.98 Å². The molecule has 1 amide bonds. The molecule has 3 aliphatic rings. The second-order valence-electron chi connectivity index (χ2n) is 9.47. The van der Waals surface area contributed by atoms with E-state index in [2.05, 4.69) is 26.2 Å². The van der Waals surface area contributed by atoms with Crippen molar-refractivity contribution in [3.63, 3.8) is 0 Å². The van der Waals surface area contributed by atoms with E-state index < -0.39 is 5.60 Å². The molecule has 166 valence electrons. The van der Waals surface area contributed by atoms with E-state index in [4.69, 9.17) is 0 Å². The maximum absolute atomic E-state index is 13.0. The van der Waals surface area contributed by atoms with Crippen LogP contribution in [0.5, 0.6) is 0 Å². The summed E-state index contributed by atoms with van der Waals surface area (Å²) in [4.78, 5) is 22.1. The normalized spacial score (nSPS) is 28.6. The summed E-state index contributed by atoms with van der Waals surface area (Å²) in [6.07, 6.45) is 10.6. The molecule has 2 bridgehead atoms. The minimum atomic E-state index is -0.905. The minimum Gasteiger partial charge on any atom is -0.382 e. The highest BCUT2D eigenvalue weighted by molar-refractivity contribution is 5.95. The number of aliphatic hydroxyl groups is 1. The molecule has 3 aliphatic heterocycles. The van der Waals surface area contributed by atoms with Gasteiger partial charge in [-0.3, -0.25) is 9.69 Å². The van der Waals surface area contributed by atoms with Gasteiger partial charge in [0.2, 0.25) is 5.91 Å². The number of aromatic nitrogens is 2. The molecule has 0 radical (unpaired) electrons. The van der Waals surface area contributed by atoms with Crippen LogP contribution in [0.25, 0.3) is 0 Å². The summed E-state index contributed by atoms with van der Waals surface area (Å²) in [5.74, 6) is 0.771. The number of piperidine rings is 2. The highest BCUT2D eigenvalue weighted by atomic mass is 16.3. The lowest BCUT2D eigenvalue weighted by Crippen LogP contribution is -2.52. The van der Waals surface area contributed by atoms with Crippen LogP contribution >= 0.6 is 0 Å². The Morgan fingerprint density at radius 1 is 1.16 bits per heavy atom. The first-order chi connectivity index (χ1) is 15.0. The van der Waals surface area contributed by atoms with Crippen molar-refractivity contribution in [2.75, 3.05) is 29.9 Å². The first-order valence-electron chi connectivity index (χ1n) is 11.6. The van der Waals surface area contributed by atoms with Crippen molar-refractivity contribution in [3.8, 4) is 0 Å². The topological polar surface area (TPSA) is 73.6 Å². The average molecular weight is 424 g/mol. The van der Waals surface area contributed by atoms with Crippen LogP contribution in [0.15, 0.2) is 36.7 Å². The lowest BCUT2D eigenvalue weighted by atomic mass is 9.85. The summed E-state index contributed by atoms with van der Waals surface area (Å²) in [6, 6.07) is 8.57. The van der Waals surface area contributed by atoms with Crippen LogP contribution in [0.4, 0.5) is 11.4 Å². The number of rotatable bonds is 5. The fourth-order valence-corrected chi connectivity index (χ4v) is 5.92. The predicted molar refractivity (Wildman–Crippen MR) is 121 cm³/mol. The first-order valence-corrected chi connectivity index (χ1v) is 11.6. The fourth-order valence-electron chi connectivity index (χ4n) is 5.92. The summed E-state index contributed by atoms with van der Waals surface area (Å²) in [7, 11) is 1.93. The van der Waals surface area contributed by atoms with Crippen LogP contribution in [-0.4, -0.2) is 57.2 Å². The third-order valence-corrected chi connectivity index (χ3v) is 7.36. The molecule has 0 aliphatic carbocycles. The number of fused-ring (bicyclic) bond motifs is 2. The van der Waals surface area contributed by atoms with Crippen molar-refractivity contribution in [2.45, 2.75) is 62.6 Å². The van der Waals surface area contributed by atoms with E-state index in [1.165, 1.54) is 19.3 Å². The molecule has 5 rings (SSSR count). The van der Waals surface area contributed by atoms with Gasteiger partial charge in [0.15, 0.2) is 0 Å². The molecule has 7 heteroatoms. The monoisotopic (exact) mass is 423 g/mol. The Kier molecular flexibility index (Phi) is 5.48. The molecular formula is C24H33N5O2. The standard InChI is InChI=1S/C24H33N5O2/c1-27-14-11-25-23(27)24(31)15-18-9-10-19(16-24)29(18)17-22(30)26-20-7-3-4-8-21(20)28-12-5-2-6-13-28/h3-4,7-8,11,14,18-19,31H,2,5-6,9-10,12-13,15-17H2,1H3,(H,26,30)/t18-,19-/m1/s1. The highest BCUT2D eigenvalue weighted by Crippen LogP contribution is 2.45. The van der Waals surface area contributed by atoms with Crippen LogP contribution in [0, 0.1) is 0 Å². The molecule has 2 aromatic rings. The number of hydrogen-bond acceptors (Lipinski definition) is 5. The number of amides is 1. The molecule has 3 fully saturated rings. The molecule has 2 atom stereocenters. The van der Waals surface area contributed by atoms with Gasteiger partial charge in [-0.2, -0.15) is 0 Å². The van der Waals surface area contributed by atoms with Crippen molar-refractivity contribution >= 4 is 17.3 Å². The Labute approximate surface area is 184 Å². The van der Waals surface area contributed by atoms with E-state index in [1.807, 2.05) is 36.0 Å². The Hall–Kier alpha value is -2.38. The van der Waals surface area contributed by atoms with Crippen LogP contribution < -0.4 is 10.2 Å². The summed E-state index contributed by atoms with van der Waals surface area (Å²) in [6.45, 7) is 2.48. The fraction of sp³-hybridized carbons (Fsp3) is 0.583. The van der Waals surface area contributed by atoms with Crippen molar-refractivity contribution in [1.29, 1.82) is 0 Å². The van der Waals surface area contributed by atoms with E-state index in [9.17, 15) is 9.90 Å². The van der Waals surface area contributed by atoms with Crippen LogP contribution in [0.3, 0.4) is 0 Å². The van der Waals surface area contributed by atoms with Gasteiger partial charge in [0.1, 0.15) is 11.4 Å². The molecule has 1 aromatic heterocycles. The van der Waals surface area contributed by atoms with Gasteiger partial charge in [0, 0.05) is 44.6 Å². The van der Waals surface area contributed by atoms with E-state index in [0.717, 1.165) is 43.1 Å². The van der Waals surface area contributed by atoms with E-state index >= 15 is 0 Å². The second-order valence-corrected chi connectivity index (χ2v) is 9.47. The summed E-state index contributed by atoms with van der Waals surface area (Å²) >= 11 is 0. The SMILES string of the molecule is Cn1ccnc1C1(O)C[C@H]2CC[C@H](C1)N2CC(=O)Nc1ccccc1N1CCCCC1. The van der Waals surface area contributed by atoms with Crippen LogP contribution in [-0.2, 0) is 17.4 Å². The second kappa shape index (κ2) is 8.28. The maximum atomic E-state index is 13.0. The van der Waals surface area contributed by atoms with Gasteiger partial charge < -0.3 is 19.9 Å². The van der Waals surface area contributed by atoms with Crippen LogP contribution in [0.2, 0.25) is 0 Å². The minimum absolute atomic E-state index is 0.0313. The van der Waals surface area contributed by atoms with E-state index in [0.29, 0.717) is 19.4 Å². The zero-order chi connectivity index (χ0) is 21.4. The number of hydrogen-bond donors (Lipinski definition) is 2. The molecule has 0 unspecified atom stereocenters. The zero-order valence-electron chi connectivity index (χ0n) is 18.3. The number of para-hydroxylation sites is 2. The van der Waals surface area contributed by atoms with Crippen LogP contribution in [0.1, 0.15) is 50.8 Å². The summed E-state index contributed by atoms with van der Waals surface area (Å²) in [5.41, 5.74) is 1.13. The lowest BCUT2D eigenvalue weighted by molar-refractivity contribution is -0.121. The smallest absolute Gasteiger partial charge is 0.238 e. The Bertz CT molecular complexity index is 922. The van der Waals surface area contributed by atoms with Gasteiger partial charge in [-0.1, -0.05) is 12.1 Å². The summed E-state index contributed by atoms with van der Waals surface area (Å²) in [5, 5.41) is 14.5. The Balaban J connectivity index is 1.26. The van der Waals surface area contributed by atoms with Gasteiger partial charge >= 0.3 is 0 Å². The molecule has 0 spiro atoms. The molecule has 31 heavy (non-hydrogen) atoms. The Morgan fingerprint density at radius 3 is 2.55 bits per heavy atom. The molecule has 7 nitrogen and oxygen atoms in total. The maximum Gasteiger partial charge on any atom is 0.238 e. The van der Waals surface area contributed by atoms with Gasteiger partial charge in [-0.15, -0.1) is 0 Å². The third kappa shape index (κ3) is 3.96. The molecular weight excluding hydrogens is 390 g/mol. The highest BCUT2D eigenvalue weighted by Gasteiger charge is 2.50. The van der Waals surface area contributed by atoms with Gasteiger partial charge in [0.05, 0.1) is 17.9 Å². The number of benzene rings is 1. The molecule has 4 heterocycles. The van der Waals surface area contributed by atoms with Crippen molar-refractivity contribution in [2.24, 2.45) is 7.05 Å². The number of carbonyl (C=O) groups is 1. The van der Waals surface area contributed by atoms with Crippen molar-refractivity contribution in [1.82, 2.24) is 14.5 Å². The zero-order valence-corrected chi connectivity index (χ0v) is 18.3. The number of anilines is 2. The number of nitrogens with one attached hydrogen (secondary N) is 1. The third-order valence-electron chi connectivity index (χ3n) is 7.36. The van der Waals surface area contributed by atoms with Crippen molar-refractivity contribution < 1.29 is 9.90 Å². The quantitative estimate of drug-likeness (QED) is 0.774. The number of aryl methyl sites for hydroxylation is 1. The molecule has 1 aromatic carbocycles. The summed E-state index contributed by atoms with van der Waals surface area (Å²) < 4.78 is 1.92. The number of imidazole rings is 1. The molecule has 0 saturated carbocycles. The van der Waals surface area contributed by atoms with Crippen molar-refractivity contribution in [3.05, 3.63) is 42.5 Å². The van der Waals surface area contributed by atoms with Gasteiger partial charge in [-0.05, 0) is 57.1 Å². The first kappa shape index (κ1) is 20.5. The number of nitrogens with zero attached hydrogens (tertiary/aromatic N) is 4. The largest absolute Gasteiger partial charge is 0.382 e. The molecule has 2 N–H and O–H groups in total. The van der Waals surface area contributed by atoms with E-state index in [1.54, 1.807) is 6.20 Å². The average Bonchev–Trinajstić information content (AvgIpc) is 3.31.